The first-order chi connectivity index (χ1) is 9.36. The summed E-state index contributed by atoms with van der Waals surface area (Å²) in [6.45, 7) is 1.86. The largest absolute Gasteiger partial charge is 0.378 e. The summed E-state index contributed by atoms with van der Waals surface area (Å²) in [6, 6.07) is 12.3. The third-order valence-corrected chi connectivity index (χ3v) is 3.81. The highest BCUT2D eigenvalue weighted by molar-refractivity contribution is 7.89. The monoisotopic (exact) mass is 294 g/mol. The number of anilines is 1. The zero-order valence-electron chi connectivity index (χ0n) is 10.9. The number of rotatable bonds is 4. The molecule has 2 aromatic rings. The molecule has 0 amide bonds. The molecular formula is C14H15FN2O2S. The lowest BCUT2D eigenvalue weighted by Crippen LogP contribution is -2.13. The molecule has 0 saturated heterocycles. The molecule has 0 aromatic heterocycles. The van der Waals surface area contributed by atoms with E-state index in [0.717, 1.165) is 5.56 Å². The Morgan fingerprint density at radius 3 is 2.50 bits per heavy atom. The summed E-state index contributed by atoms with van der Waals surface area (Å²) in [4.78, 5) is 0.0361. The lowest BCUT2D eigenvalue weighted by molar-refractivity contribution is 0.598. The molecule has 20 heavy (non-hydrogen) atoms. The van der Waals surface area contributed by atoms with Crippen molar-refractivity contribution in [3.8, 4) is 0 Å². The maximum Gasteiger partial charge on any atom is 0.238 e. The molecule has 0 aliphatic rings. The summed E-state index contributed by atoms with van der Waals surface area (Å²) < 4.78 is 35.7. The van der Waals surface area contributed by atoms with Crippen molar-refractivity contribution in [1.82, 2.24) is 0 Å². The van der Waals surface area contributed by atoms with E-state index in [4.69, 9.17) is 5.14 Å². The van der Waals surface area contributed by atoms with Gasteiger partial charge in [0, 0.05) is 11.7 Å². The number of sulfonamides is 1. The molecule has 2 aromatic carbocycles. The SMILES string of the molecule is CC(Nc1cccc(S(N)(=O)=O)c1)c1cccc(F)c1. The lowest BCUT2D eigenvalue weighted by atomic mass is 10.1. The van der Waals surface area contributed by atoms with Gasteiger partial charge in [0.2, 0.25) is 10.0 Å². The number of nitrogens with one attached hydrogen (secondary N) is 1. The fraction of sp³-hybridized carbons (Fsp3) is 0.143. The van der Waals surface area contributed by atoms with E-state index in [9.17, 15) is 12.8 Å². The maximum absolute atomic E-state index is 13.2. The normalized spacial score (nSPS) is 12.9. The van der Waals surface area contributed by atoms with Crippen LogP contribution >= 0.6 is 0 Å². The van der Waals surface area contributed by atoms with E-state index >= 15 is 0 Å². The number of nitrogens with two attached hydrogens (primary N) is 1. The molecule has 0 aliphatic carbocycles. The lowest BCUT2D eigenvalue weighted by Gasteiger charge is -2.16. The molecule has 0 heterocycles. The highest BCUT2D eigenvalue weighted by atomic mass is 32.2. The van der Waals surface area contributed by atoms with E-state index in [-0.39, 0.29) is 16.8 Å². The maximum atomic E-state index is 13.2. The first kappa shape index (κ1) is 14.5. The minimum absolute atomic E-state index is 0.0361. The third kappa shape index (κ3) is 3.55. The van der Waals surface area contributed by atoms with Gasteiger partial charge >= 0.3 is 0 Å². The minimum Gasteiger partial charge on any atom is -0.378 e. The Bertz CT molecular complexity index is 717. The Morgan fingerprint density at radius 2 is 1.85 bits per heavy atom. The molecule has 2 rings (SSSR count). The van der Waals surface area contributed by atoms with Crippen LogP contribution in [0.25, 0.3) is 0 Å². The van der Waals surface area contributed by atoms with Gasteiger partial charge in [-0.05, 0) is 42.8 Å². The van der Waals surface area contributed by atoms with Gasteiger partial charge in [0.15, 0.2) is 0 Å². The smallest absolute Gasteiger partial charge is 0.238 e. The third-order valence-electron chi connectivity index (χ3n) is 2.89. The fourth-order valence-corrected chi connectivity index (χ4v) is 2.43. The predicted octanol–water partition coefficient (Wildman–Crippen LogP) is 2.65. The molecule has 1 unspecified atom stereocenters. The zero-order valence-corrected chi connectivity index (χ0v) is 11.7. The number of halogens is 1. The van der Waals surface area contributed by atoms with Crippen LogP contribution < -0.4 is 10.5 Å². The van der Waals surface area contributed by atoms with Gasteiger partial charge in [-0.15, -0.1) is 0 Å². The van der Waals surface area contributed by atoms with Gasteiger partial charge in [0.25, 0.3) is 0 Å². The van der Waals surface area contributed by atoms with E-state index in [1.165, 1.54) is 24.3 Å². The number of hydrogen-bond donors (Lipinski definition) is 2. The molecule has 4 nitrogen and oxygen atoms in total. The summed E-state index contributed by atoms with van der Waals surface area (Å²) in [5.74, 6) is -0.311. The van der Waals surface area contributed by atoms with Gasteiger partial charge in [-0.25, -0.2) is 17.9 Å². The first-order valence-electron chi connectivity index (χ1n) is 6.01. The molecular weight excluding hydrogens is 279 g/mol. The van der Waals surface area contributed by atoms with Crippen molar-refractivity contribution >= 4 is 15.7 Å². The number of benzene rings is 2. The highest BCUT2D eigenvalue weighted by Gasteiger charge is 2.10. The quantitative estimate of drug-likeness (QED) is 0.910. The summed E-state index contributed by atoms with van der Waals surface area (Å²) in [6.07, 6.45) is 0. The van der Waals surface area contributed by atoms with Gasteiger partial charge in [0.05, 0.1) is 4.90 Å². The summed E-state index contributed by atoms with van der Waals surface area (Å²) in [5, 5.41) is 8.19. The van der Waals surface area contributed by atoms with Crippen molar-refractivity contribution in [3.05, 3.63) is 59.9 Å². The molecule has 0 aliphatic heterocycles. The molecule has 0 saturated carbocycles. The van der Waals surface area contributed by atoms with Crippen LogP contribution in [-0.2, 0) is 10.0 Å². The standard InChI is InChI=1S/C14H15FN2O2S/c1-10(11-4-2-5-12(15)8-11)17-13-6-3-7-14(9-13)20(16,18)19/h2-10,17H,1H3,(H2,16,18,19). The minimum atomic E-state index is -3.73. The second-order valence-corrected chi connectivity index (χ2v) is 6.06. The number of primary sulfonamides is 1. The second-order valence-electron chi connectivity index (χ2n) is 4.49. The molecule has 0 radical (unpaired) electrons. The average Bonchev–Trinajstić information content (AvgIpc) is 2.38. The van der Waals surface area contributed by atoms with Crippen LogP contribution in [0.2, 0.25) is 0 Å². The fourth-order valence-electron chi connectivity index (χ4n) is 1.87. The van der Waals surface area contributed by atoms with Crippen molar-refractivity contribution in [2.75, 3.05) is 5.32 Å². The van der Waals surface area contributed by atoms with E-state index < -0.39 is 10.0 Å². The van der Waals surface area contributed by atoms with Crippen LogP contribution in [0.1, 0.15) is 18.5 Å². The van der Waals surface area contributed by atoms with Crippen LogP contribution in [0.4, 0.5) is 10.1 Å². The Balaban J connectivity index is 2.22. The van der Waals surface area contributed by atoms with Crippen molar-refractivity contribution in [2.45, 2.75) is 17.9 Å². The molecule has 0 fully saturated rings. The van der Waals surface area contributed by atoms with Crippen LogP contribution in [0.3, 0.4) is 0 Å². The molecule has 6 heteroatoms. The Hall–Kier alpha value is -1.92. The van der Waals surface area contributed by atoms with E-state index in [1.807, 2.05) is 6.92 Å². The van der Waals surface area contributed by atoms with Crippen molar-refractivity contribution in [3.63, 3.8) is 0 Å². The molecule has 0 bridgehead atoms. The molecule has 1 atom stereocenters. The van der Waals surface area contributed by atoms with E-state index in [1.54, 1.807) is 24.3 Å². The van der Waals surface area contributed by atoms with Gasteiger partial charge in [0.1, 0.15) is 5.82 Å². The van der Waals surface area contributed by atoms with E-state index in [0.29, 0.717) is 5.69 Å². The number of hydrogen-bond acceptors (Lipinski definition) is 3. The van der Waals surface area contributed by atoms with Crippen LogP contribution in [0, 0.1) is 5.82 Å². The Labute approximate surface area is 117 Å². The first-order valence-corrected chi connectivity index (χ1v) is 7.56. The van der Waals surface area contributed by atoms with Crippen molar-refractivity contribution in [2.24, 2.45) is 5.14 Å². The summed E-state index contributed by atoms with van der Waals surface area (Å²) >= 11 is 0. The van der Waals surface area contributed by atoms with Gasteiger partial charge in [-0.1, -0.05) is 18.2 Å². The zero-order chi connectivity index (χ0) is 14.8. The van der Waals surface area contributed by atoms with Crippen LogP contribution in [0.5, 0.6) is 0 Å². The topological polar surface area (TPSA) is 72.2 Å². The van der Waals surface area contributed by atoms with Crippen molar-refractivity contribution < 1.29 is 12.8 Å². The Kier molecular flexibility index (Phi) is 4.06. The van der Waals surface area contributed by atoms with Gasteiger partial charge in [-0.2, -0.15) is 0 Å². The van der Waals surface area contributed by atoms with Crippen molar-refractivity contribution in [1.29, 1.82) is 0 Å². The van der Waals surface area contributed by atoms with Gasteiger partial charge in [-0.3, -0.25) is 0 Å². The van der Waals surface area contributed by atoms with Crippen LogP contribution in [-0.4, -0.2) is 8.42 Å². The molecule has 3 N–H and O–H groups in total. The average molecular weight is 294 g/mol. The summed E-state index contributed by atoms with van der Waals surface area (Å²) in [5.41, 5.74) is 1.37. The highest BCUT2D eigenvalue weighted by Crippen LogP contribution is 2.21. The summed E-state index contributed by atoms with van der Waals surface area (Å²) in [7, 11) is -3.73. The van der Waals surface area contributed by atoms with E-state index in [2.05, 4.69) is 5.32 Å². The van der Waals surface area contributed by atoms with Gasteiger partial charge < -0.3 is 5.32 Å². The molecule has 0 spiro atoms. The molecule has 106 valence electrons. The predicted molar refractivity (Wildman–Crippen MR) is 76.3 cm³/mol. The second kappa shape index (κ2) is 5.60. The van der Waals surface area contributed by atoms with Crippen LogP contribution in [0.15, 0.2) is 53.4 Å². The Morgan fingerprint density at radius 1 is 1.15 bits per heavy atom.